The van der Waals surface area contributed by atoms with Crippen LogP contribution in [0, 0.1) is 5.92 Å². The van der Waals surface area contributed by atoms with Crippen LogP contribution in [0.3, 0.4) is 0 Å². The van der Waals surface area contributed by atoms with Gasteiger partial charge in [-0.15, -0.1) is 17.4 Å². The summed E-state index contributed by atoms with van der Waals surface area (Å²) in [6, 6.07) is 15.1. The molecule has 0 aliphatic carbocycles. The number of fused-ring (bicyclic) bond motifs is 2. The molecule has 0 saturated carbocycles. The predicted molar refractivity (Wildman–Crippen MR) is 96.9 cm³/mol. The van der Waals surface area contributed by atoms with E-state index in [2.05, 4.69) is 60.6 Å². The van der Waals surface area contributed by atoms with Crippen molar-refractivity contribution in [3.8, 4) is 0 Å². The van der Waals surface area contributed by atoms with E-state index >= 15 is 0 Å². The monoisotopic (exact) mass is 320 g/mol. The fraction of sp³-hybridized carbons (Fsp3) is 0.200. The molecule has 2 aromatic heterocycles. The van der Waals surface area contributed by atoms with E-state index in [1.807, 2.05) is 6.07 Å². The Morgan fingerprint density at radius 1 is 1.04 bits per heavy atom. The van der Waals surface area contributed by atoms with Crippen LogP contribution in [0.15, 0.2) is 52.3 Å². The summed E-state index contributed by atoms with van der Waals surface area (Å²) in [5.74, 6) is 2.10. The van der Waals surface area contributed by atoms with Gasteiger partial charge in [-0.05, 0) is 34.9 Å². The maximum Gasteiger partial charge on any atom is 0.194 e. The number of oxazole rings is 1. The van der Waals surface area contributed by atoms with Gasteiger partial charge in [0.2, 0.25) is 0 Å². The normalized spacial score (nSPS) is 11.4. The molecule has 0 spiro atoms. The molecule has 3 heteroatoms. The molecule has 0 N–H and O–H groups in total. The maximum atomic E-state index is 5.93. The first-order valence-electron chi connectivity index (χ1n) is 7.85. The number of aromatic nitrogens is 1. The smallest absolute Gasteiger partial charge is 0.194 e. The lowest BCUT2D eigenvalue weighted by molar-refractivity contribution is 0.528. The lowest BCUT2D eigenvalue weighted by Gasteiger charge is -2.13. The summed E-state index contributed by atoms with van der Waals surface area (Å²) >= 11 is 1.79. The standard InChI is InChI=1S/C20H18NOS/c1-13(2)16-6-7-17-18(12-16)22-20(21-17)8-4-14-3-5-15-9-10-23-19(15)11-14/h3,5-7,9-12H,4,8H2,1-2H3/q-1. The van der Waals surface area contributed by atoms with Crippen molar-refractivity contribution in [1.82, 2.24) is 4.98 Å². The summed E-state index contributed by atoms with van der Waals surface area (Å²) < 4.78 is 7.28. The highest BCUT2D eigenvalue weighted by molar-refractivity contribution is 7.17. The summed E-state index contributed by atoms with van der Waals surface area (Å²) in [5.41, 5.74) is 4.37. The minimum absolute atomic E-state index is 0.817. The number of benzene rings is 2. The molecule has 0 amide bonds. The Morgan fingerprint density at radius 2 is 1.96 bits per heavy atom. The molecule has 0 atom stereocenters. The van der Waals surface area contributed by atoms with Crippen molar-refractivity contribution in [3.05, 3.63) is 70.8 Å². The van der Waals surface area contributed by atoms with E-state index in [4.69, 9.17) is 4.42 Å². The Morgan fingerprint density at radius 3 is 2.83 bits per heavy atom. The third-order valence-corrected chi connectivity index (χ3v) is 5.04. The van der Waals surface area contributed by atoms with Crippen LogP contribution in [0.25, 0.3) is 21.2 Å². The van der Waals surface area contributed by atoms with E-state index in [-0.39, 0.29) is 0 Å². The highest BCUT2D eigenvalue weighted by atomic mass is 32.1. The van der Waals surface area contributed by atoms with Crippen molar-refractivity contribution in [2.24, 2.45) is 0 Å². The second-order valence-electron chi connectivity index (χ2n) is 6.08. The Balaban J connectivity index is 1.55. The van der Waals surface area contributed by atoms with E-state index in [0.717, 1.165) is 29.8 Å². The highest BCUT2D eigenvalue weighted by Gasteiger charge is 2.05. The number of hydrogen-bond acceptors (Lipinski definition) is 3. The van der Waals surface area contributed by atoms with Crippen molar-refractivity contribution in [2.45, 2.75) is 26.7 Å². The Hall–Kier alpha value is -2.26. The van der Waals surface area contributed by atoms with Gasteiger partial charge in [0, 0.05) is 11.1 Å². The maximum absolute atomic E-state index is 5.93. The van der Waals surface area contributed by atoms with Crippen molar-refractivity contribution in [2.75, 3.05) is 0 Å². The molecule has 0 unspecified atom stereocenters. The molecule has 2 heterocycles. The minimum Gasteiger partial charge on any atom is -0.454 e. The molecule has 0 aliphatic heterocycles. The lowest BCUT2D eigenvalue weighted by Crippen LogP contribution is -1.90. The first-order chi connectivity index (χ1) is 11.2. The molecule has 0 bridgehead atoms. The van der Waals surface area contributed by atoms with Crippen molar-refractivity contribution in [3.63, 3.8) is 0 Å². The van der Waals surface area contributed by atoms with Crippen LogP contribution in [0.2, 0.25) is 0 Å². The molecule has 2 nitrogen and oxygen atoms in total. The van der Waals surface area contributed by atoms with Crippen molar-refractivity contribution < 1.29 is 4.42 Å². The van der Waals surface area contributed by atoms with Gasteiger partial charge < -0.3 is 4.42 Å². The van der Waals surface area contributed by atoms with Gasteiger partial charge in [-0.1, -0.05) is 32.0 Å². The largest absolute Gasteiger partial charge is 0.454 e. The quantitative estimate of drug-likeness (QED) is 0.445. The first kappa shape index (κ1) is 14.3. The van der Waals surface area contributed by atoms with Gasteiger partial charge in [-0.2, -0.15) is 17.5 Å². The predicted octanol–water partition coefficient (Wildman–Crippen LogP) is 5.79. The van der Waals surface area contributed by atoms with E-state index in [1.165, 1.54) is 27.1 Å². The summed E-state index contributed by atoms with van der Waals surface area (Å²) in [6.07, 6.45) is 1.78. The van der Waals surface area contributed by atoms with Gasteiger partial charge >= 0.3 is 0 Å². The van der Waals surface area contributed by atoms with Gasteiger partial charge in [-0.25, -0.2) is 4.98 Å². The summed E-state index contributed by atoms with van der Waals surface area (Å²) in [6.45, 7) is 4.22. The van der Waals surface area contributed by atoms with Crippen LogP contribution in [-0.4, -0.2) is 4.98 Å². The van der Waals surface area contributed by atoms with Gasteiger partial charge in [0.15, 0.2) is 5.89 Å². The van der Waals surface area contributed by atoms with E-state index < -0.39 is 0 Å². The fourth-order valence-corrected chi connectivity index (χ4v) is 3.65. The third-order valence-electron chi connectivity index (χ3n) is 4.16. The summed E-state index contributed by atoms with van der Waals surface area (Å²) in [5, 5.41) is 3.46. The molecule has 0 radical (unpaired) electrons. The first-order valence-corrected chi connectivity index (χ1v) is 8.73. The highest BCUT2D eigenvalue weighted by Crippen LogP contribution is 2.24. The minimum atomic E-state index is 0.817. The molecule has 0 saturated heterocycles. The van der Waals surface area contributed by atoms with Gasteiger partial charge in [0.05, 0.1) is 11.1 Å². The van der Waals surface area contributed by atoms with Crippen molar-refractivity contribution in [1.29, 1.82) is 0 Å². The second kappa shape index (κ2) is 5.74. The van der Waals surface area contributed by atoms with Crippen LogP contribution in [0.5, 0.6) is 0 Å². The second-order valence-corrected chi connectivity index (χ2v) is 7.03. The number of thiophene rings is 1. The van der Waals surface area contributed by atoms with Crippen LogP contribution >= 0.6 is 11.3 Å². The summed E-state index contributed by atoms with van der Waals surface area (Å²) in [7, 11) is 0. The molecule has 4 rings (SSSR count). The number of rotatable bonds is 4. The topological polar surface area (TPSA) is 26.0 Å². The van der Waals surface area contributed by atoms with E-state index in [9.17, 15) is 0 Å². The lowest BCUT2D eigenvalue weighted by atomic mass is 10.0. The summed E-state index contributed by atoms with van der Waals surface area (Å²) in [4.78, 5) is 4.61. The molecule has 4 aromatic rings. The average molecular weight is 320 g/mol. The number of aryl methyl sites for hydroxylation is 2. The van der Waals surface area contributed by atoms with Crippen LogP contribution in [0.4, 0.5) is 0 Å². The SMILES string of the molecule is C[C-](C)c1ccc2nc(CCc3ccc4ccsc4c3)oc2c1. The van der Waals surface area contributed by atoms with Gasteiger partial charge in [0.1, 0.15) is 0 Å². The Labute approximate surface area is 139 Å². The Bertz CT molecular complexity index is 964. The molecular weight excluding hydrogens is 302 g/mol. The zero-order valence-electron chi connectivity index (χ0n) is 13.3. The van der Waals surface area contributed by atoms with Crippen LogP contribution < -0.4 is 0 Å². The van der Waals surface area contributed by atoms with E-state index in [1.54, 1.807) is 11.3 Å². The van der Waals surface area contributed by atoms with E-state index in [0.29, 0.717) is 0 Å². The Kier molecular flexibility index (Phi) is 3.58. The molecule has 2 aromatic carbocycles. The molecule has 23 heavy (non-hydrogen) atoms. The molecule has 0 fully saturated rings. The van der Waals surface area contributed by atoms with Crippen LogP contribution in [0.1, 0.15) is 30.9 Å². The fourth-order valence-electron chi connectivity index (χ4n) is 2.80. The molecule has 0 aliphatic rings. The van der Waals surface area contributed by atoms with Crippen molar-refractivity contribution >= 4 is 32.5 Å². The third kappa shape index (κ3) is 2.84. The molecular formula is C20H18NOS-. The molecule has 116 valence electrons. The average Bonchev–Trinajstić information content (AvgIpc) is 3.17. The zero-order valence-corrected chi connectivity index (χ0v) is 14.1. The van der Waals surface area contributed by atoms with Gasteiger partial charge in [0.25, 0.3) is 0 Å². The number of hydrogen-bond donors (Lipinski definition) is 0. The number of nitrogens with zero attached hydrogens (tertiary/aromatic N) is 1. The van der Waals surface area contributed by atoms with Crippen LogP contribution in [-0.2, 0) is 12.8 Å². The van der Waals surface area contributed by atoms with Gasteiger partial charge in [-0.3, -0.25) is 0 Å². The zero-order chi connectivity index (χ0) is 15.8.